The Bertz CT molecular complexity index is 1300. The molecule has 3 rings (SSSR count). The molecule has 0 radical (unpaired) electrons. The number of nitrogens with two attached hydrogens (primary N) is 1. The molecule has 2 aromatic carbocycles. The van der Waals surface area contributed by atoms with Crippen molar-refractivity contribution in [3.63, 3.8) is 0 Å². The van der Waals surface area contributed by atoms with E-state index in [9.17, 15) is 33.2 Å². The second kappa shape index (κ2) is 15.2. The molecule has 0 saturated carbocycles. The second-order valence-electron chi connectivity index (χ2n) is 10.8. The molecule has 13 nitrogen and oxygen atoms in total. The Hall–Kier alpha value is -3.43. The van der Waals surface area contributed by atoms with E-state index in [1.54, 1.807) is 4.90 Å². The highest BCUT2D eigenvalue weighted by Gasteiger charge is 2.33. The molecule has 42 heavy (non-hydrogen) atoms. The zero-order valence-corrected chi connectivity index (χ0v) is 24.6. The number of primary amides is 1. The first kappa shape index (κ1) is 33.1. The molecular formula is C28H39N5O8S. The van der Waals surface area contributed by atoms with Crippen LogP contribution in [-0.4, -0.2) is 97.0 Å². The van der Waals surface area contributed by atoms with Crippen LogP contribution in [-0.2, 0) is 30.8 Å². The lowest BCUT2D eigenvalue weighted by atomic mass is 10.0. The Balaban J connectivity index is 1.83. The number of benzene rings is 2. The molecular weight excluding hydrogens is 566 g/mol. The van der Waals surface area contributed by atoms with Crippen LogP contribution >= 0.6 is 0 Å². The number of carbonyl (C=O) groups excluding carboxylic acids is 2. The van der Waals surface area contributed by atoms with Crippen LogP contribution in [0.2, 0.25) is 0 Å². The molecule has 3 atom stereocenters. The first-order valence-electron chi connectivity index (χ1n) is 13.7. The summed E-state index contributed by atoms with van der Waals surface area (Å²) >= 11 is 0. The summed E-state index contributed by atoms with van der Waals surface area (Å²) in [5.74, 6) is -1.16. The summed E-state index contributed by atoms with van der Waals surface area (Å²) in [6.45, 7) is 3.96. The third kappa shape index (κ3) is 9.56. The topological polar surface area (TPSA) is 185 Å². The molecule has 1 aliphatic rings. The van der Waals surface area contributed by atoms with Gasteiger partial charge in [0.05, 0.1) is 41.7 Å². The smallest absolute Gasteiger partial charge is 0.269 e. The Morgan fingerprint density at radius 3 is 2.33 bits per heavy atom. The molecule has 1 aliphatic heterocycles. The van der Waals surface area contributed by atoms with Crippen molar-refractivity contribution in [1.82, 2.24) is 14.5 Å². The number of rotatable bonds is 16. The molecule has 0 bridgehead atoms. The van der Waals surface area contributed by atoms with E-state index in [0.29, 0.717) is 19.6 Å². The number of carbonyl (C=O) groups is 2. The van der Waals surface area contributed by atoms with Crippen molar-refractivity contribution in [3.05, 3.63) is 70.3 Å². The molecule has 1 fully saturated rings. The van der Waals surface area contributed by atoms with Crippen LogP contribution in [0.5, 0.6) is 0 Å². The summed E-state index contributed by atoms with van der Waals surface area (Å²) in [5.41, 5.74) is 5.97. The number of hydrogen-bond acceptors (Lipinski definition) is 9. The maximum atomic E-state index is 13.6. The van der Waals surface area contributed by atoms with Crippen LogP contribution in [0, 0.1) is 16.0 Å². The van der Waals surface area contributed by atoms with Crippen LogP contribution in [0.3, 0.4) is 0 Å². The van der Waals surface area contributed by atoms with Crippen molar-refractivity contribution in [3.8, 4) is 0 Å². The summed E-state index contributed by atoms with van der Waals surface area (Å²) in [4.78, 5) is 36.8. The number of sulfonamides is 1. The van der Waals surface area contributed by atoms with Crippen molar-refractivity contribution in [1.29, 1.82) is 0 Å². The van der Waals surface area contributed by atoms with Gasteiger partial charge in [0, 0.05) is 37.9 Å². The Labute approximate surface area is 245 Å². The summed E-state index contributed by atoms with van der Waals surface area (Å²) in [5, 5.41) is 25.3. The lowest BCUT2D eigenvalue weighted by Gasteiger charge is -2.32. The van der Waals surface area contributed by atoms with Gasteiger partial charge < -0.3 is 20.9 Å². The van der Waals surface area contributed by atoms with E-state index in [1.807, 2.05) is 44.2 Å². The lowest BCUT2D eigenvalue weighted by Crippen LogP contribution is -2.54. The zero-order valence-electron chi connectivity index (χ0n) is 23.8. The maximum Gasteiger partial charge on any atom is 0.269 e. The maximum absolute atomic E-state index is 13.6. The van der Waals surface area contributed by atoms with Gasteiger partial charge in [-0.2, -0.15) is 4.31 Å². The predicted molar refractivity (Wildman–Crippen MR) is 155 cm³/mol. The number of nitro benzene ring substituents is 1. The van der Waals surface area contributed by atoms with Gasteiger partial charge >= 0.3 is 0 Å². The van der Waals surface area contributed by atoms with E-state index in [-0.39, 0.29) is 55.1 Å². The highest BCUT2D eigenvalue weighted by Crippen LogP contribution is 2.22. The molecule has 0 unspecified atom stereocenters. The van der Waals surface area contributed by atoms with Crippen molar-refractivity contribution in [2.75, 3.05) is 39.4 Å². The number of hydrogen-bond donors (Lipinski definition) is 3. The monoisotopic (exact) mass is 605 g/mol. The van der Waals surface area contributed by atoms with Gasteiger partial charge in [-0.25, -0.2) is 8.42 Å². The van der Waals surface area contributed by atoms with Gasteiger partial charge in [0.2, 0.25) is 21.8 Å². The largest absolute Gasteiger partial charge is 0.390 e. The van der Waals surface area contributed by atoms with Crippen LogP contribution in [0.1, 0.15) is 25.8 Å². The quantitative estimate of drug-likeness (QED) is 0.185. The molecule has 0 aromatic heterocycles. The fraction of sp³-hybridized carbons (Fsp3) is 0.500. The van der Waals surface area contributed by atoms with Crippen molar-refractivity contribution in [2.24, 2.45) is 11.7 Å². The van der Waals surface area contributed by atoms with E-state index in [1.165, 1.54) is 0 Å². The average Bonchev–Trinajstić information content (AvgIpc) is 3.47. The molecule has 4 N–H and O–H groups in total. The molecule has 0 spiro atoms. The number of nitro groups is 1. The molecule has 14 heteroatoms. The number of nitrogens with zero attached hydrogens (tertiary/aromatic N) is 3. The average molecular weight is 606 g/mol. The minimum atomic E-state index is -4.15. The van der Waals surface area contributed by atoms with E-state index in [4.69, 9.17) is 10.5 Å². The van der Waals surface area contributed by atoms with Gasteiger partial charge in [-0.1, -0.05) is 44.2 Å². The second-order valence-corrected chi connectivity index (χ2v) is 12.7. The Kier molecular flexibility index (Phi) is 11.9. The van der Waals surface area contributed by atoms with Crippen LogP contribution in [0.25, 0.3) is 0 Å². The number of amides is 2. The number of aliphatic hydroxyl groups is 1. The normalized spacial score (nSPS) is 17.0. The van der Waals surface area contributed by atoms with E-state index in [2.05, 4.69) is 5.32 Å². The van der Waals surface area contributed by atoms with Crippen molar-refractivity contribution in [2.45, 2.75) is 49.8 Å². The standard InChI is InChI=1S/C28H39N5O8S/c1-20(2)15-32(42(39,40)24-10-8-22(9-11-24)33(37)38)16-26(34)25(14-21-6-4-3-5-7-21)30-28(36)18-31(17-27(29)35)23-12-13-41-19-23/h3-11,20,23,25-26,34H,12-19H2,1-2H3,(H2,29,35)(H,30,36)/t23-,25-,26+/m0/s1. The number of nitrogens with one attached hydrogen (secondary N) is 1. The first-order valence-corrected chi connectivity index (χ1v) is 15.2. The predicted octanol–water partition coefficient (Wildman–Crippen LogP) is 0.906. The van der Waals surface area contributed by atoms with Crippen molar-refractivity contribution < 1.29 is 32.8 Å². The SMILES string of the molecule is CC(C)CN(C[C@@H](O)[C@H](Cc1ccccc1)NC(=O)CN(CC(N)=O)[C@H]1CCOC1)S(=O)(=O)c1ccc([N+](=O)[O-])cc1. The molecule has 0 aliphatic carbocycles. The molecule has 2 amide bonds. The van der Waals surface area contributed by atoms with Gasteiger partial charge in [0.1, 0.15) is 0 Å². The van der Waals surface area contributed by atoms with Crippen LogP contribution < -0.4 is 11.1 Å². The summed E-state index contributed by atoms with van der Waals surface area (Å²) in [6.07, 6.45) is -0.468. The summed E-state index contributed by atoms with van der Waals surface area (Å²) in [7, 11) is -4.15. The third-order valence-electron chi connectivity index (χ3n) is 6.88. The van der Waals surface area contributed by atoms with Gasteiger partial charge in [-0.3, -0.25) is 24.6 Å². The number of aliphatic hydroxyl groups excluding tert-OH is 1. The Morgan fingerprint density at radius 2 is 1.79 bits per heavy atom. The van der Waals surface area contributed by atoms with E-state index >= 15 is 0 Å². The third-order valence-corrected chi connectivity index (χ3v) is 8.73. The fourth-order valence-corrected chi connectivity index (χ4v) is 6.44. The number of ether oxygens (including phenoxy) is 1. The number of non-ortho nitro benzene ring substituents is 1. The van der Waals surface area contributed by atoms with Gasteiger partial charge in [-0.15, -0.1) is 0 Å². The molecule has 2 aromatic rings. The van der Waals surface area contributed by atoms with Gasteiger partial charge in [0.25, 0.3) is 5.69 Å². The summed E-state index contributed by atoms with van der Waals surface area (Å²) < 4.78 is 33.7. The molecule has 1 saturated heterocycles. The van der Waals surface area contributed by atoms with Gasteiger partial charge in [-0.05, 0) is 36.5 Å². The minimum Gasteiger partial charge on any atom is -0.390 e. The van der Waals surface area contributed by atoms with E-state index in [0.717, 1.165) is 34.1 Å². The van der Waals surface area contributed by atoms with Gasteiger partial charge in [0.15, 0.2) is 0 Å². The van der Waals surface area contributed by atoms with Crippen LogP contribution in [0.15, 0.2) is 59.5 Å². The Morgan fingerprint density at radius 1 is 1.12 bits per heavy atom. The van der Waals surface area contributed by atoms with Crippen molar-refractivity contribution >= 4 is 27.5 Å². The fourth-order valence-electron chi connectivity index (χ4n) is 4.82. The highest BCUT2D eigenvalue weighted by molar-refractivity contribution is 7.89. The summed E-state index contributed by atoms with van der Waals surface area (Å²) in [6, 6.07) is 12.7. The lowest BCUT2D eigenvalue weighted by molar-refractivity contribution is -0.384. The molecule has 1 heterocycles. The molecule has 230 valence electrons. The first-order chi connectivity index (χ1) is 19.9. The highest BCUT2D eigenvalue weighted by atomic mass is 32.2. The van der Waals surface area contributed by atoms with Crippen LogP contribution in [0.4, 0.5) is 5.69 Å². The zero-order chi connectivity index (χ0) is 30.9. The van der Waals surface area contributed by atoms with E-state index < -0.39 is 38.9 Å². The minimum absolute atomic E-state index is 0.0659.